The van der Waals surface area contributed by atoms with Crippen molar-refractivity contribution in [2.45, 2.75) is 0 Å². The summed E-state index contributed by atoms with van der Waals surface area (Å²) in [6, 6.07) is 84.5. The highest BCUT2D eigenvalue weighted by Crippen LogP contribution is 2.44. The van der Waals surface area contributed by atoms with Gasteiger partial charge < -0.3 is 9.13 Å². The lowest BCUT2D eigenvalue weighted by molar-refractivity contribution is 1.18. The van der Waals surface area contributed by atoms with Gasteiger partial charge in [-0.15, -0.1) is 11.3 Å². The summed E-state index contributed by atoms with van der Waals surface area (Å²) in [5.74, 6) is 0. The van der Waals surface area contributed by atoms with E-state index in [9.17, 15) is 0 Å². The van der Waals surface area contributed by atoms with Crippen LogP contribution in [0.4, 0.5) is 0 Å². The molecule has 2 nitrogen and oxygen atoms in total. The Labute approximate surface area is 368 Å². The van der Waals surface area contributed by atoms with Gasteiger partial charge >= 0.3 is 0 Å². The van der Waals surface area contributed by atoms with Crippen LogP contribution in [0.25, 0.3) is 120 Å². The molecule has 0 amide bonds. The van der Waals surface area contributed by atoms with Gasteiger partial charge in [0, 0.05) is 58.7 Å². The van der Waals surface area contributed by atoms with Crippen LogP contribution in [0.1, 0.15) is 0 Å². The number of thiophene rings is 1. The van der Waals surface area contributed by atoms with Crippen molar-refractivity contribution in [2.75, 3.05) is 0 Å². The minimum atomic E-state index is 1.14. The Morgan fingerprint density at radius 2 is 0.746 bits per heavy atom. The molecule has 0 aliphatic heterocycles. The summed E-state index contributed by atoms with van der Waals surface area (Å²) in [5, 5.41) is 7.67. The van der Waals surface area contributed by atoms with Crippen molar-refractivity contribution in [3.05, 3.63) is 231 Å². The van der Waals surface area contributed by atoms with Gasteiger partial charge in [0.1, 0.15) is 0 Å². The van der Waals surface area contributed by atoms with Crippen molar-refractivity contribution in [1.29, 1.82) is 0 Å². The Morgan fingerprint density at radius 3 is 1.46 bits per heavy atom. The van der Waals surface area contributed by atoms with Gasteiger partial charge in [-0.2, -0.15) is 0 Å². The normalized spacial score (nSPS) is 11.8. The van der Waals surface area contributed by atoms with Crippen molar-refractivity contribution in [2.24, 2.45) is 0 Å². The zero-order valence-electron chi connectivity index (χ0n) is 34.2. The van der Waals surface area contributed by atoms with Gasteiger partial charge in [-0.25, -0.2) is 0 Å². The van der Waals surface area contributed by atoms with Crippen LogP contribution in [0.3, 0.4) is 0 Å². The van der Waals surface area contributed by atoms with Crippen LogP contribution < -0.4 is 0 Å². The molecule has 0 spiro atoms. The Hall–Kier alpha value is -7.98. The van der Waals surface area contributed by atoms with E-state index >= 15 is 0 Å². The predicted molar refractivity (Wildman–Crippen MR) is 270 cm³/mol. The summed E-state index contributed by atoms with van der Waals surface area (Å²) in [7, 11) is 0. The summed E-state index contributed by atoms with van der Waals surface area (Å²) < 4.78 is 7.55. The lowest BCUT2D eigenvalue weighted by Crippen LogP contribution is -1.96. The number of benzene rings is 10. The SMILES string of the molecule is c1ccc(-n2c3ccccc3c3c(-c4cccc5c6ccccc6n(-c6ccc(-c7ccc(-c8ccc(-c9cccc%10c9sc9ccccc9%10)cc8)cc7)cc6)c45)cccc32)cc1. The molecule has 294 valence electrons. The van der Waals surface area contributed by atoms with Crippen molar-refractivity contribution in [1.82, 2.24) is 9.13 Å². The Morgan fingerprint density at radius 1 is 0.270 bits per heavy atom. The summed E-state index contributed by atoms with van der Waals surface area (Å²) in [4.78, 5) is 0. The number of nitrogens with zero attached hydrogens (tertiary/aromatic N) is 2. The second-order valence-electron chi connectivity index (χ2n) is 16.4. The molecule has 0 radical (unpaired) electrons. The number of para-hydroxylation sites is 4. The van der Waals surface area contributed by atoms with E-state index in [2.05, 4.69) is 240 Å². The van der Waals surface area contributed by atoms with Crippen LogP contribution in [0.5, 0.6) is 0 Å². The first kappa shape index (κ1) is 35.7. The summed E-state index contributed by atoms with van der Waals surface area (Å²) in [6.45, 7) is 0. The maximum Gasteiger partial charge on any atom is 0.0619 e. The van der Waals surface area contributed by atoms with Crippen molar-refractivity contribution in [3.63, 3.8) is 0 Å². The first-order chi connectivity index (χ1) is 31.3. The minimum Gasteiger partial charge on any atom is -0.309 e. The average Bonchev–Trinajstić information content (AvgIpc) is 4.03. The van der Waals surface area contributed by atoms with Gasteiger partial charge in [-0.05, 0) is 87.5 Å². The highest BCUT2D eigenvalue weighted by atomic mass is 32.1. The third kappa shape index (κ3) is 5.64. The standard InChI is InChI=1S/C60H38N2S/c1-2-13-44(14-3-1)61-55-24-8-5-17-53(55)58-49(19-12-25-56(58)61)51-21-11-20-50-47-15-4-7-23-54(47)62(59(50)51)45-37-35-42(36-38-45)40-29-27-39(28-30-40)41-31-33-43(34-32-41)46-18-10-22-52-48-16-6-9-26-57(48)63-60(46)52/h1-38H. The van der Waals surface area contributed by atoms with Crippen molar-refractivity contribution < 1.29 is 0 Å². The molecular formula is C60H38N2S. The molecule has 0 saturated carbocycles. The molecule has 3 heterocycles. The molecule has 0 fully saturated rings. The van der Waals surface area contributed by atoms with Crippen LogP contribution in [-0.4, -0.2) is 9.13 Å². The molecule has 0 unspecified atom stereocenters. The van der Waals surface area contributed by atoms with E-state index in [-0.39, 0.29) is 0 Å². The second-order valence-corrected chi connectivity index (χ2v) is 17.5. The lowest BCUT2D eigenvalue weighted by atomic mass is 9.97. The number of hydrogen-bond donors (Lipinski definition) is 0. The monoisotopic (exact) mass is 818 g/mol. The van der Waals surface area contributed by atoms with Gasteiger partial charge in [-0.3, -0.25) is 0 Å². The molecule has 0 atom stereocenters. The van der Waals surface area contributed by atoms with E-state index in [0.717, 1.165) is 11.4 Å². The molecule has 0 saturated heterocycles. The molecule has 13 aromatic rings. The molecule has 10 aromatic carbocycles. The minimum absolute atomic E-state index is 1.14. The van der Waals surface area contributed by atoms with E-state index < -0.39 is 0 Å². The zero-order chi connectivity index (χ0) is 41.4. The fourth-order valence-corrected chi connectivity index (χ4v) is 11.3. The Kier molecular flexibility index (Phi) is 8.12. The molecule has 0 bridgehead atoms. The van der Waals surface area contributed by atoms with E-state index in [1.165, 1.54) is 108 Å². The summed E-state index contributed by atoms with van der Waals surface area (Å²) >= 11 is 1.88. The highest BCUT2D eigenvalue weighted by Gasteiger charge is 2.21. The third-order valence-corrected chi connectivity index (χ3v) is 14.2. The van der Waals surface area contributed by atoms with Crippen LogP contribution in [0.2, 0.25) is 0 Å². The van der Waals surface area contributed by atoms with Crippen molar-refractivity contribution in [3.8, 4) is 55.9 Å². The highest BCUT2D eigenvalue weighted by molar-refractivity contribution is 7.26. The Bertz CT molecular complexity index is 3870. The largest absolute Gasteiger partial charge is 0.309 e. The third-order valence-electron chi connectivity index (χ3n) is 13.0. The topological polar surface area (TPSA) is 9.86 Å². The first-order valence-corrected chi connectivity index (χ1v) is 22.4. The maximum atomic E-state index is 2.47. The lowest BCUT2D eigenvalue weighted by Gasteiger charge is -2.14. The molecule has 0 aliphatic carbocycles. The number of hydrogen-bond acceptors (Lipinski definition) is 1. The predicted octanol–water partition coefficient (Wildman–Crippen LogP) is 16.9. The van der Waals surface area contributed by atoms with E-state index in [1.807, 2.05) is 11.3 Å². The fraction of sp³-hybridized carbons (Fsp3) is 0. The van der Waals surface area contributed by atoms with Crippen LogP contribution in [0, 0.1) is 0 Å². The summed E-state index contributed by atoms with van der Waals surface area (Å²) in [5.41, 5.74) is 16.9. The molecule has 3 heteroatoms. The maximum absolute atomic E-state index is 2.47. The molecule has 0 N–H and O–H groups in total. The molecule has 13 rings (SSSR count). The van der Waals surface area contributed by atoms with Gasteiger partial charge in [0.2, 0.25) is 0 Å². The molecule has 3 aromatic heterocycles. The quantitative estimate of drug-likeness (QED) is 0.158. The molecular weight excluding hydrogens is 781 g/mol. The second kappa shape index (κ2) is 14.3. The van der Waals surface area contributed by atoms with Crippen LogP contribution >= 0.6 is 11.3 Å². The number of fused-ring (bicyclic) bond motifs is 9. The molecule has 63 heavy (non-hydrogen) atoms. The zero-order valence-corrected chi connectivity index (χ0v) is 35.1. The Balaban J connectivity index is 0.869. The van der Waals surface area contributed by atoms with E-state index in [0.29, 0.717) is 0 Å². The fourth-order valence-electron chi connectivity index (χ4n) is 10.1. The number of aromatic nitrogens is 2. The summed E-state index contributed by atoms with van der Waals surface area (Å²) in [6.07, 6.45) is 0. The van der Waals surface area contributed by atoms with Gasteiger partial charge in [-0.1, -0.05) is 182 Å². The smallest absolute Gasteiger partial charge is 0.0619 e. The average molecular weight is 819 g/mol. The van der Waals surface area contributed by atoms with Gasteiger partial charge in [0.05, 0.1) is 22.1 Å². The number of rotatable bonds is 6. The van der Waals surface area contributed by atoms with Gasteiger partial charge in [0.25, 0.3) is 0 Å². The van der Waals surface area contributed by atoms with Crippen LogP contribution in [0.15, 0.2) is 231 Å². The van der Waals surface area contributed by atoms with Gasteiger partial charge in [0.15, 0.2) is 0 Å². The van der Waals surface area contributed by atoms with Crippen molar-refractivity contribution >= 4 is 75.1 Å². The van der Waals surface area contributed by atoms with Crippen LogP contribution in [-0.2, 0) is 0 Å². The van der Waals surface area contributed by atoms with E-state index in [1.54, 1.807) is 0 Å². The molecule has 0 aliphatic rings. The van der Waals surface area contributed by atoms with E-state index in [4.69, 9.17) is 0 Å². The first-order valence-electron chi connectivity index (χ1n) is 21.6.